The second-order valence-electron chi connectivity index (χ2n) is 5.40. The first kappa shape index (κ1) is 12.4. The van der Waals surface area contributed by atoms with Gasteiger partial charge in [0.05, 0.1) is 6.61 Å². The van der Waals surface area contributed by atoms with Crippen LogP contribution in [0.5, 0.6) is 5.88 Å². The zero-order valence-electron chi connectivity index (χ0n) is 11.0. The van der Waals surface area contributed by atoms with Crippen LogP contribution in [-0.2, 0) is 0 Å². The van der Waals surface area contributed by atoms with Crippen molar-refractivity contribution < 1.29 is 4.74 Å². The summed E-state index contributed by atoms with van der Waals surface area (Å²) < 4.78 is 5.83. The minimum Gasteiger partial charge on any atom is -0.477 e. The lowest BCUT2D eigenvalue weighted by Gasteiger charge is -2.21. The monoisotopic (exact) mass is 233 g/mol. The van der Waals surface area contributed by atoms with Crippen LogP contribution in [-0.4, -0.2) is 11.6 Å². The number of hydrogen-bond acceptors (Lipinski definition) is 2. The van der Waals surface area contributed by atoms with Crippen LogP contribution < -0.4 is 4.74 Å². The summed E-state index contributed by atoms with van der Waals surface area (Å²) in [5.74, 6) is 2.07. The van der Waals surface area contributed by atoms with Gasteiger partial charge in [-0.2, -0.15) is 0 Å². The molecule has 0 unspecified atom stereocenters. The van der Waals surface area contributed by atoms with Gasteiger partial charge in [0.25, 0.3) is 0 Å². The Morgan fingerprint density at radius 3 is 2.76 bits per heavy atom. The Morgan fingerprint density at radius 2 is 2.06 bits per heavy atom. The molecule has 0 saturated heterocycles. The van der Waals surface area contributed by atoms with Gasteiger partial charge in [0.15, 0.2) is 0 Å². The van der Waals surface area contributed by atoms with Crippen molar-refractivity contribution in [2.75, 3.05) is 6.61 Å². The van der Waals surface area contributed by atoms with Crippen molar-refractivity contribution in [2.24, 2.45) is 5.92 Å². The van der Waals surface area contributed by atoms with E-state index in [2.05, 4.69) is 31.0 Å². The first-order valence-electron chi connectivity index (χ1n) is 6.84. The molecule has 0 spiro atoms. The fraction of sp³-hybridized carbons (Fsp3) is 0.667. The van der Waals surface area contributed by atoms with E-state index in [1.807, 2.05) is 6.20 Å². The Bertz CT molecular complexity index is 343. The smallest absolute Gasteiger partial charge is 0.213 e. The molecule has 0 atom stereocenters. The van der Waals surface area contributed by atoms with Crippen LogP contribution in [0.1, 0.15) is 57.4 Å². The highest BCUT2D eigenvalue weighted by Crippen LogP contribution is 2.25. The topological polar surface area (TPSA) is 22.1 Å². The third-order valence-electron chi connectivity index (χ3n) is 3.62. The summed E-state index contributed by atoms with van der Waals surface area (Å²) in [6.45, 7) is 5.23. The number of hydrogen-bond donors (Lipinski definition) is 0. The Balaban J connectivity index is 1.87. The molecular formula is C15H23NO. The molecule has 94 valence electrons. The Morgan fingerprint density at radius 1 is 1.29 bits per heavy atom. The van der Waals surface area contributed by atoms with Gasteiger partial charge in [-0.05, 0) is 36.3 Å². The molecule has 0 amide bonds. The van der Waals surface area contributed by atoms with Crippen molar-refractivity contribution in [3.05, 3.63) is 23.9 Å². The van der Waals surface area contributed by atoms with Crippen molar-refractivity contribution >= 4 is 0 Å². The van der Waals surface area contributed by atoms with Gasteiger partial charge in [0, 0.05) is 12.3 Å². The van der Waals surface area contributed by atoms with Crippen molar-refractivity contribution in [3.63, 3.8) is 0 Å². The molecule has 2 heteroatoms. The maximum Gasteiger partial charge on any atom is 0.213 e. The van der Waals surface area contributed by atoms with Gasteiger partial charge in [0.2, 0.25) is 5.88 Å². The van der Waals surface area contributed by atoms with Gasteiger partial charge < -0.3 is 4.74 Å². The van der Waals surface area contributed by atoms with Gasteiger partial charge >= 0.3 is 0 Å². The van der Waals surface area contributed by atoms with E-state index in [0.29, 0.717) is 5.92 Å². The van der Waals surface area contributed by atoms with E-state index in [9.17, 15) is 0 Å². The third kappa shape index (κ3) is 3.72. The second kappa shape index (κ2) is 6.04. The summed E-state index contributed by atoms with van der Waals surface area (Å²) >= 11 is 0. The molecular weight excluding hydrogens is 210 g/mol. The van der Waals surface area contributed by atoms with Crippen molar-refractivity contribution in [2.45, 2.75) is 51.9 Å². The molecule has 17 heavy (non-hydrogen) atoms. The van der Waals surface area contributed by atoms with E-state index in [-0.39, 0.29) is 0 Å². The van der Waals surface area contributed by atoms with Crippen molar-refractivity contribution in [1.82, 2.24) is 4.98 Å². The lowest BCUT2D eigenvalue weighted by atomic mass is 9.90. The van der Waals surface area contributed by atoms with E-state index < -0.39 is 0 Å². The minimum absolute atomic E-state index is 0.537. The van der Waals surface area contributed by atoms with Gasteiger partial charge in [0.1, 0.15) is 0 Å². The van der Waals surface area contributed by atoms with Crippen LogP contribution in [0.3, 0.4) is 0 Å². The molecule has 1 aromatic rings. The highest BCUT2D eigenvalue weighted by atomic mass is 16.5. The minimum atomic E-state index is 0.537. The van der Waals surface area contributed by atoms with Crippen molar-refractivity contribution in [1.29, 1.82) is 0 Å². The SMILES string of the molecule is CC(C)c1ccnc(OCC2CCCCC2)c1. The zero-order valence-corrected chi connectivity index (χ0v) is 11.0. The van der Waals surface area contributed by atoms with Gasteiger partial charge in [-0.25, -0.2) is 4.98 Å². The molecule has 1 aliphatic rings. The van der Waals surface area contributed by atoms with Crippen LogP contribution in [0, 0.1) is 5.92 Å². The number of ether oxygens (including phenoxy) is 1. The number of rotatable bonds is 4. The molecule has 1 aliphatic carbocycles. The molecule has 1 heterocycles. The first-order chi connectivity index (χ1) is 8.25. The zero-order chi connectivity index (χ0) is 12.1. The quantitative estimate of drug-likeness (QED) is 0.779. The first-order valence-corrected chi connectivity index (χ1v) is 6.84. The molecule has 1 fully saturated rings. The lowest BCUT2D eigenvalue weighted by molar-refractivity contribution is 0.202. The summed E-state index contributed by atoms with van der Waals surface area (Å²) in [6, 6.07) is 4.14. The van der Waals surface area contributed by atoms with Crippen LogP contribution in [0.15, 0.2) is 18.3 Å². The predicted octanol–water partition coefficient (Wildman–Crippen LogP) is 4.16. The number of aromatic nitrogens is 1. The molecule has 0 aliphatic heterocycles. The fourth-order valence-electron chi connectivity index (χ4n) is 2.42. The molecule has 2 nitrogen and oxygen atoms in total. The van der Waals surface area contributed by atoms with E-state index >= 15 is 0 Å². The maximum atomic E-state index is 5.83. The third-order valence-corrected chi connectivity index (χ3v) is 3.62. The molecule has 0 radical (unpaired) electrons. The van der Waals surface area contributed by atoms with Crippen LogP contribution >= 0.6 is 0 Å². The highest BCUT2D eigenvalue weighted by Gasteiger charge is 2.14. The summed E-state index contributed by atoms with van der Waals surface area (Å²) in [6.07, 6.45) is 8.64. The standard InChI is InChI=1S/C15H23NO/c1-12(2)14-8-9-16-15(10-14)17-11-13-6-4-3-5-7-13/h8-10,12-13H,3-7,11H2,1-2H3. The Labute approximate surface area is 104 Å². The highest BCUT2D eigenvalue weighted by molar-refractivity contribution is 5.23. The average Bonchev–Trinajstić information content (AvgIpc) is 2.38. The van der Waals surface area contributed by atoms with E-state index in [1.165, 1.54) is 37.7 Å². The largest absolute Gasteiger partial charge is 0.477 e. The predicted molar refractivity (Wildman–Crippen MR) is 70.4 cm³/mol. The summed E-state index contributed by atoms with van der Waals surface area (Å²) in [4.78, 5) is 4.28. The van der Waals surface area contributed by atoms with E-state index in [0.717, 1.165) is 18.4 Å². The van der Waals surface area contributed by atoms with Gasteiger partial charge in [-0.3, -0.25) is 0 Å². The van der Waals surface area contributed by atoms with Gasteiger partial charge in [-0.1, -0.05) is 33.1 Å². The Hall–Kier alpha value is -1.05. The molecule has 1 saturated carbocycles. The summed E-state index contributed by atoms with van der Waals surface area (Å²) in [5.41, 5.74) is 1.30. The molecule has 0 bridgehead atoms. The summed E-state index contributed by atoms with van der Waals surface area (Å²) in [7, 11) is 0. The van der Waals surface area contributed by atoms with Gasteiger partial charge in [-0.15, -0.1) is 0 Å². The van der Waals surface area contributed by atoms with Crippen LogP contribution in [0.2, 0.25) is 0 Å². The van der Waals surface area contributed by atoms with Crippen LogP contribution in [0.25, 0.3) is 0 Å². The molecule has 2 rings (SSSR count). The number of pyridine rings is 1. The normalized spacial score (nSPS) is 17.4. The summed E-state index contributed by atoms with van der Waals surface area (Å²) in [5, 5.41) is 0. The van der Waals surface area contributed by atoms with Crippen molar-refractivity contribution in [3.8, 4) is 5.88 Å². The lowest BCUT2D eigenvalue weighted by Crippen LogP contribution is -2.15. The maximum absolute atomic E-state index is 5.83. The fourth-order valence-corrected chi connectivity index (χ4v) is 2.42. The van der Waals surface area contributed by atoms with E-state index in [1.54, 1.807) is 0 Å². The van der Waals surface area contributed by atoms with Crippen LogP contribution in [0.4, 0.5) is 0 Å². The average molecular weight is 233 g/mol. The second-order valence-corrected chi connectivity index (χ2v) is 5.40. The molecule has 0 aromatic carbocycles. The number of nitrogens with zero attached hydrogens (tertiary/aromatic N) is 1. The van der Waals surface area contributed by atoms with E-state index in [4.69, 9.17) is 4.74 Å². The molecule has 0 N–H and O–H groups in total. The molecule has 1 aromatic heterocycles. The Kier molecular flexibility index (Phi) is 4.41.